The molecule has 1 aliphatic rings. The average Bonchev–Trinajstić information content (AvgIpc) is 3.28. The average molecular weight is 387 g/mol. The summed E-state index contributed by atoms with van der Waals surface area (Å²) in [5.74, 6) is 1.32. The van der Waals surface area contributed by atoms with E-state index in [-0.39, 0.29) is 0 Å². The van der Waals surface area contributed by atoms with Gasteiger partial charge in [-0.15, -0.1) is 0 Å². The minimum absolute atomic E-state index is 0.398. The van der Waals surface area contributed by atoms with Crippen LogP contribution in [0.4, 0.5) is 5.82 Å². The fourth-order valence-corrected chi connectivity index (χ4v) is 3.21. The summed E-state index contributed by atoms with van der Waals surface area (Å²) in [6, 6.07) is 7.65. The molecule has 0 radical (unpaired) electrons. The number of imidazole rings is 1. The van der Waals surface area contributed by atoms with Crippen molar-refractivity contribution in [2.24, 2.45) is 0 Å². The summed E-state index contributed by atoms with van der Waals surface area (Å²) in [4.78, 5) is 12.8. The minimum Gasteiger partial charge on any atom is -0.497 e. The van der Waals surface area contributed by atoms with Gasteiger partial charge in [0.2, 0.25) is 0 Å². The molecule has 1 fully saturated rings. The molecular formula is C18H21N5O5. The minimum atomic E-state index is -1.21. The number of hydrogen-bond donors (Lipinski definition) is 4. The van der Waals surface area contributed by atoms with Gasteiger partial charge < -0.3 is 30.1 Å². The molecule has 2 aromatic heterocycles. The van der Waals surface area contributed by atoms with E-state index in [0.29, 0.717) is 23.5 Å². The first-order valence-electron chi connectivity index (χ1n) is 8.79. The first kappa shape index (κ1) is 18.6. The molecule has 1 aliphatic heterocycles. The number of nitrogens with one attached hydrogen (secondary N) is 1. The number of aliphatic hydroxyl groups is 3. The summed E-state index contributed by atoms with van der Waals surface area (Å²) in [6.07, 6.45) is -1.31. The van der Waals surface area contributed by atoms with Gasteiger partial charge in [-0.05, 0) is 17.7 Å². The molecule has 28 heavy (non-hydrogen) atoms. The Kier molecular flexibility index (Phi) is 5.09. The molecule has 3 heterocycles. The van der Waals surface area contributed by atoms with Crippen molar-refractivity contribution in [1.82, 2.24) is 19.5 Å². The van der Waals surface area contributed by atoms with Gasteiger partial charge in [-0.2, -0.15) is 0 Å². The van der Waals surface area contributed by atoms with Crippen LogP contribution in [0.25, 0.3) is 11.2 Å². The Morgan fingerprint density at radius 1 is 1.14 bits per heavy atom. The summed E-state index contributed by atoms with van der Waals surface area (Å²) < 4.78 is 12.2. The second-order valence-electron chi connectivity index (χ2n) is 6.48. The number of anilines is 1. The monoisotopic (exact) mass is 387 g/mol. The van der Waals surface area contributed by atoms with E-state index in [1.165, 1.54) is 17.2 Å². The maximum Gasteiger partial charge on any atom is 0.167 e. The maximum absolute atomic E-state index is 10.3. The van der Waals surface area contributed by atoms with Crippen LogP contribution < -0.4 is 10.1 Å². The van der Waals surface area contributed by atoms with E-state index in [1.807, 2.05) is 24.3 Å². The summed E-state index contributed by atoms with van der Waals surface area (Å²) in [7, 11) is 1.62. The number of aliphatic hydroxyl groups excluding tert-OH is 3. The molecule has 4 rings (SSSR count). The number of fused-ring (bicyclic) bond motifs is 1. The van der Waals surface area contributed by atoms with Gasteiger partial charge in [-0.3, -0.25) is 4.57 Å². The molecule has 0 aliphatic carbocycles. The van der Waals surface area contributed by atoms with Gasteiger partial charge >= 0.3 is 0 Å². The van der Waals surface area contributed by atoms with Crippen molar-refractivity contribution in [3.05, 3.63) is 42.5 Å². The lowest BCUT2D eigenvalue weighted by atomic mass is 10.1. The van der Waals surface area contributed by atoms with Crippen LogP contribution in [0.1, 0.15) is 11.8 Å². The Morgan fingerprint density at radius 3 is 2.61 bits per heavy atom. The van der Waals surface area contributed by atoms with Crippen LogP contribution in [0.2, 0.25) is 0 Å². The normalized spacial score (nSPS) is 24.6. The highest BCUT2D eigenvalue weighted by Gasteiger charge is 2.44. The first-order valence-corrected chi connectivity index (χ1v) is 8.79. The van der Waals surface area contributed by atoms with Crippen LogP contribution in [-0.2, 0) is 11.3 Å². The summed E-state index contributed by atoms with van der Waals surface area (Å²) >= 11 is 0. The molecule has 0 bridgehead atoms. The van der Waals surface area contributed by atoms with Crippen molar-refractivity contribution in [3.8, 4) is 5.75 Å². The molecule has 1 aromatic carbocycles. The zero-order chi connectivity index (χ0) is 19.7. The largest absolute Gasteiger partial charge is 0.497 e. The Balaban J connectivity index is 1.56. The fourth-order valence-electron chi connectivity index (χ4n) is 3.21. The standard InChI is InChI=1S/C18H21N5O5/c1-27-11-4-2-10(3-5-11)6-19-16-13-17(21-8-20-16)23(9-22-13)18-15(26)14(25)12(7-24)28-18/h2-5,8-9,12,14-15,18,24-26H,6-7H2,1H3,(H,19,20,21)/t12-,14+,15-,18-/m1/s1. The predicted molar refractivity (Wildman–Crippen MR) is 98.7 cm³/mol. The van der Waals surface area contributed by atoms with E-state index in [9.17, 15) is 15.3 Å². The van der Waals surface area contributed by atoms with E-state index in [1.54, 1.807) is 7.11 Å². The number of methoxy groups -OCH3 is 1. The Bertz CT molecular complexity index is 947. The van der Waals surface area contributed by atoms with Gasteiger partial charge in [0.05, 0.1) is 20.0 Å². The molecule has 10 nitrogen and oxygen atoms in total. The van der Waals surface area contributed by atoms with Crippen LogP contribution in [0, 0.1) is 0 Å². The van der Waals surface area contributed by atoms with E-state index >= 15 is 0 Å². The lowest BCUT2D eigenvalue weighted by Gasteiger charge is -2.16. The Hall–Kier alpha value is -2.79. The predicted octanol–water partition coefficient (Wildman–Crippen LogP) is 0.0585. The lowest BCUT2D eigenvalue weighted by molar-refractivity contribution is -0.0511. The molecular weight excluding hydrogens is 366 g/mol. The van der Waals surface area contributed by atoms with Crippen LogP contribution in [0.15, 0.2) is 36.9 Å². The molecule has 4 N–H and O–H groups in total. The van der Waals surface area contributed by atoms with Gasteiger partial charge in [0, 0.05) is 6.54 Å². The van der Waals surface area contributed by atoms with Gasteiger partial charge in [0.25, 0.3) is 0 Å². The van der Waals surface area contributed by atoms with Crippen molar-refractivity contribution >= 4 is 17.0 Å². The third-order valence-electron chi connectivity index (χ3n) is 4.77. The fraction of sp³-hybridized carbons (Fsp3) is 0.389. The van der Waals surface area contributed by atoms with Gasteiger partial charge in [-0.25, -0.2) is 15.0 Å². The smallest absolute Gasteiger partial charge is 0.167 e. The maximum atomic E-state index is 10.3. The summed E-state index contributed by atoms with van der Waals surface area (Å²) in [5.41, 5.74) is 1.99. The molecule has 0 unspecified atom stereocenters. The molecule has 10 heteroatoms. The summed E-state index contributed by atoms with van der Waals surface area (Å²) in [6.45, 7) is 0.127. The van der Waals surface area contributed by atoms with Crippen LogP contribution >= 0.6 is 0 Å². The zero-order valence-corrected chi connectivity index (χ0v) is 15.1. The molecule has 3 aromatic rings. The lowest BCUT2D eigenvalue weighted by Crippen LogP contribution is -2.33. The number of hydrogen-bond acceptors (Lipinski definition) is 9. The third kappa shape index (κ3) is 3.27. The van der Waals surface area contributed by atoms with Crippen molar-refractivity contribution in [3.63, 3.8) is 0 Å². The van der Waals surface area contributed by atoms with E-state index in [2.05, 4.69) is 20.3 Å². The number of benzene rings is 1. The third-order valence-corrected chi connectivity index (χ3v) is 4.77. The Labute approximate surface area is 160 Å². The highest BCUT2D eigenvalue weighted by Crippen LogP contribution is 2.32. The first-order chi connectivity index (χ1) is 13.6. The zero-order valence-electron chi connectivity index (χ0n) is 15.1. The van der Waals surface area contributed by atoms with Crippen molar-refractivity contribution in [1.29, 1.82) is 0 Å². The molecule has 148 valence electrons. The number of rotatable bonds is 6. The summed E-state index contributed by atoms with van der Waals surface area (Å²) in [5, 5.41) is 32.7. The van der Waals surface area contributed by atoms with E-state index in [0.717, 1.165) is 11.3 Å². The second-order valence-corrected chi connectivity index (χ2v) is 6.48. The number of ether oxygens (including phenoxy) is 2. The molecule has 0 spiro atoms. The molecule has 0 saturated carbocycles. The SMILES string of the molecule is COc1ccc(CNc2ncnc3c2ncn3[C@@H]2O[C@H](CO)[C@H](O)[C@H]2O)cc1. The van der Waals surface area contributed by atoms with Crippen LogP contribution in [-0.4, -0.2) is 66.9 Å². The second kappa shape index (κ2) is 7.68. The molecule has 0 amide bonds. The molecule has 4 atom stereocenters. The van der Waals surface area contributed by atoms with Crippen molar-refractivity contribution in [2.45, 2.75) is 31.1 Å². The number of aromatic nitrogens is 4. The van der Waals surface area contributed by atoms with E-state index in [4.69, 9.17) is 9.47 Å². The van der Waals surface area contributed by atoms with Gasteiger partial charge in [-0.1, -0.05) is 12.1 Å². The Morgan fingerprint density at radius 2 is 1.93 bits per heavy atom. The highest BCUT2D eigenvalue weighted by atomic mass is 16.6. The van der Waals surface area contributed by atoms with Gasteiger partial charge in [0.15, 0.2) is 23.2 Å². The topological polar surface area (TPSA) is 135 Å². The highest BCUT2D eigenvalue weighted by molar-refractivity contribution is 5.82. The molecule has 1 saturated heterocycles. The van der Waals surface area contributed by atoms with Crippen LogP contribution in [0.5, 0.6) is 5.75 Å². The van der Waals surface area contributed by atoms with E-state index < -0.39 is 31.1 Å². The van der Waals surface area contributed by atoms with Crippen molar-refractivity contribution < 1.29 is 24.8 Å². The van der Waals surface area contributed by atoms with Crippen LogP contribution in [0.3, 0.4) is 0 Å². The van der Waals surface area contributed by atoms with Gasteiger partial charge in [0.1, 0.15) is 30.4 Å². The quantitative estimate of drug-likeness (QED) is 0.463. The number of nitrogens with zero attached hydrogens (tertiary/aromatic N) is 4. The van der Waals surface area contributed by atoms with Crippen molar-refractivity contribution in [2.75, 3.05) is 19.0 Å².